The molecule has 2 aromatic rings. The Bertz CT molecular complexity index is 437. The molecule has 0 aromatic heterocycles. The minimum absolute atomic E-state index is 0.181. The van der Waals surface area contributed by atoms with E-state index in [2.05, 4.69) is 43.3 Å². The Kier molecular flexibility index (Phi) is 2.69. The number of aryl methyl sites for hydroxylation is 1. The van der Waals surface area contributed by atoms with E-state index < -0.39 is 0 Å². The van der Waals surface area contributed by atoms with Crippen LogP contribution in [0.5, 0.6) is 0 Å². The molecule has 2 rings (SSSR count). The van der Waals surface area contributed by atoms with Gasteiger partial charge in [-0.3, -0.25) is 0 Å². The second-order valence-corrected chi connectivity index (χ2v) is 4.76. The Morgan fingerprint density at radius 3 is 2.62 bits per heavy atom. The molecule has 70 valence electrons. The molecule has 2 heteroatoms. The summed E-state index contributed by atoms with van der Waals surface area (Å²) in [5.74, 6) is 0. The van der Waals surface area contributed by atoms with E-state index in [1.54, 1.807) is 0 Å². The van der Waals surface area contributed by atoms with Crippen LogP contribution in [0.2, 0.25) is 0 Å². The molecule has 0 bridgehead atoms. The fourth-order valence-corrected chi connectivity index (χ4v) is 2.87. The van der Waals surface area contributed by atoms with Crippen LogP contribution in [0.15, 0.2) is 36.4 Å². The van der Waals surface area contributed by atoms with Gasteiger partial charge in [0.1, 0.15) is 0 Å². The third-order valence-corrected chi connectivity index (χ3v) is 4.08. The molecule has 0 spiro atoms. The zero-order valence-corrected chi connectivity index (χ0v) is 9.47. The van der Waals surface area contributed by atoms with Crippen LogP contribution in [0.25, 0.3) is 10.8 Å². The van der Waals surface area contributed by atoms with E-state index in [1.807, 2.05) is 0 Å². The van der Waals surface area contributed by atoms with Crippen molar-refractivity contribution in [3.63, 3.8) is 0 Å². The first-order valence-corrected chi connectivity index (χ1v) is 6.79. The van der Waals surface area contributed by atoms with Gasteiger partial charge >= 0.3 is 90.2 Å². The number of hydrogen-bond donors (Lipinski definition) is 0. The SMILES string of the molecule is Cc1[c]([Pd][Cl])ccc2ccccc12. The van der Waals surface area contributed by atoms with Gasteiger partial charge < -0.3 is 0 Å². The molecule has 0 amide bonds. The Morgan fingerprint density at radius 1 is 1.08 bits per heavy atom. The molecule has 13 heavy (non-hydrogen) atoms. The van der Waals surface area contributed by atoms with Crippen molar-refractivity contribution in [3.8, 4) is 0 Å². The first-order chi connectivity index (χ1) is 6.33. The number of benzene rings is 2. The molecule has 0 saturated heterocycles. The van der Waals surface area contributed by atoms with Crippen molar-refractivity contribution in [2.24, 2.45) is 0 Å². The van der Waals surface area contributed by atoms with Crippen LogP contribution < -0.4 is 4.04 Å². The maximum atomic E-state index is 5.88. The molecule has 0 unspecified atom stereocenters. The standard InChI is InChI=1S/C11H9.ClH.Pd/c1-9-5-4-7-10-6-2-3-8-11(9)10;;/h2-4,6-8H,1H3;1H;/q;;+1/p-1. The van der Waals surface area contributed by atoms with Gasteiger partial charge in [0.05, 0.1) is 0 Å². The van der Waals surface area contributed by atoms with Crippen molar-refractivity contribution >= 4 is 24.3 Å². The van der Waals surface area contributed by atoms with Gasteiger partial charge in [-0.15, -0.1) is 0 Å². The zero-order chi connectivity index (χ0) is 9.26. The van der Waals surface area contributed by atoms with E-state index in [4.69, 9.17) is 9.53 Å². The molecule has 0 aliphatic carbocycles. The molecule has 0 fully saturated rings. The number of hydrogen-bond acceptors (Lipinski definition) is 0. The van der Waals surface area contributed by atoms with Crippen molar-refractivity contribution in [2.45, 2.75) is 6.92 Å². The molecular formula is C11H9ClPd. The second kappa shape index (κ2) is 3.80. The van der Waals surface area contributed by atoms with Crippen LogP contribution >= 0.6 is 9.53 Å². The third-order valence-electron chi connectivity index (χ3n) is 2.16. The predicted molar refractivity (Wildman–Crippen MR) is 54.2 cm³/mol. The van der Waals surface area contributed by atoms with Crippen molar-refractivity contribution in [3.05, 3.63) is 42.0 Å². The van der Waals surface area contributed by atoms with Crippen molar-refractivity contribution < 1.29 is 17.0 Å². The molecule has 0 nitrogen and oxygen atoms in total. The van der Waals surface area contributed by atoms with E-state index in [0.29, 0.717) is 0 Å². The van der Waals surface area contributed by atoms with Crippen LogP contribution in [-0.2, 0) is 17.0 Å². The molecule has 0 atom stereocenters. The van der Waals surface area contributed by atoms with Gasteiger partial charge in [-0.25, -0.2) is 0 Å². The van der Waals surface area contributed by atoms with E-state index in [-0.39, 0.29) is 17.0 Å². The zero-order valence-electron chi connectivity index (χ0n) is 7.16. The Morgan fingerprint density at radius 2 is 1.85 bits per heavy atom. The van der Waals surface area contributed by atoms with Gasteiger partial charge in [0, 0.05) is 0 Å². The summed E-state index contributed by atoms with van der Waals surface area (Å²) < 4.78 is 1.27. The van der Waals surface area contributed by atoms with Gasteiger partial charge in [-0.05, 0) is 0 Å². The van der Waals surface area contributed by atoms with Crippen LogP contribution in [0.3, 0.4) is 0 Å². The van der Waals surface area contributed by atoms with E-state index >= 15 is 0 Å². The summed E-state index contributed by atoms with van der Waals surface area (Å²) >= 11 is 0.181. The summed E-state index contributed by atoms with van der Waals surface area (Å²) in [5.41, 5.74) is 1.32. The van der Waals surface area contributed by atoms with Crippen LogP contribution in [0, 0.1) is 6.92 Å². The summed E-state index contributed by atoms with van der Waals surface area (Å²) in [7, 11) is 5.88. The van der Waals surface area contributed by atoms with Gasteiger partial charge in [0.15, 0.2) is 0 Å². The quantitative estimate of drug-likeness (QED) is 0.706. The molecule has 0 saturated carbocycles. The normalized spacial score (nSPS) is 10.9. The summed E-state index contributed by atoms with van der Waals surface area (Å²) in [6.07, 6.45) is 0. The monoisotopic (exact) mass is 282 g/mol. The topological polar surface area (TPSA) is 0 Å². The van der Waals surface area contributed by atoms with Crippen molar-refractivity contribution in [1.82, 2.24) is 0 Å². The summed E-state index contributed by atoms with van der Waals surface area (Å²) in [6, 6.07) is 12.7. The fourth-order valence-electron chi connectivity index (χ4n) is 1.45. The van der Waals surface area contributed by atoms with Crippen LogP contribution in [0.1, 0.15) is 5.56 Å². The average Bonchev–Trinajstić information content (AvgIpc) is 2.19. The number of fused-ring (bicyclic) bond motifs is 1. The molecule has 0 N–H and O–H groups in total. The number of rotatable bonds is 1. The summed E-state index contributed by atoms with van der Waals surface area (Å²) in [4.78, 5) is 0. The van der Waals surface area contributed by atoms with E-state index in [0.717, 1.165) is 0 Å². The van der Waals surface area contributed by atoms with E-state index in [1.165, 1.54) is 20.4 Å². The van der Waals surface area contributed by atoms with Gasteiger partial charge in [0.2, 0.25) is 0 Å². The fraction of sp³-hybridized carbons (Fsp3) is 0.0909. The van der Waals surface area contributed by atoms with Crippen molar-refractivity contribution in [2.75, 3.05) is 0 Å². The van der Waals surface area contributed by atoms with Crippen LogP contribution in [0.4, 0.5) is 0 Å². The molecule has 0 heterocycles. The number of halogens is 1. The first-order valence-electron chi connectivity index (χ1n) is 4.02. The Balaban J connectivity index is 2.79. The molecule has 0 aliphatic heterocycles. The maximum absolute atomic E-state index is 5.88. The molecular weight excluding hydrogens is 274 g/mol. The molecule has 0 radical (unpaired) electrons. The second-order valence-electron chi connectivity index (χ2n) is 2.92. The van der Waals surface area contributed by atoms with Gasteiger partial charge in [-0.2, -0.15) is 0 Å². The van der Waals surface area contributed by atoms with Crippen molar-refractivity contribution in [1.29, 1.82) is 0 Å². The van der Waals surface area contributed by atoms with Crippen LogP contribution in [-0.4, -0.2) is 0 Å². The van der Waals surface area contributed by atoms with E-state index in [9.17, 15) is 0 Å². The molecule has 0 aliphatic rings. The first kappa shape index (κ1) is 9.22. The Labute approximate surface area is 90.0 Å². The minimum atomic E-state index is 0.181. The molecule has 2 aromatic carbocycles. The summed E-state index contributed by atoms with van der Waals surface area (Å²) in [6.45, 7) is 2.14. The predicted octanol–water partition coefficient (Wildman–Crippen LogP) is 3.01. The average molecular weight is 283 g/mol. The summed E-state index contributed by atoms with van der Waals surface area (Å²) in [5, 5.41) is 2.61. The van der Waals surface area contributed by atoms with Gasteiger partial charge in [0.25, 0.3) is 0 Å². The van der Waals surface area contributed by atoms with Gasteiger partial charge in [-0.1, -0.05) is 0 Å². The third kappa shape index (κ3) is 1.65. The Hall–Kier alpha value is -0.348.